The van der Waals surface area contributed by atoms with Crippen molar-refractivity contribution in [2.45, 2.75) is 6.42 Å². The van der Waals surface area contributed by atoms with Crippen molar-refractivity contribution in [3.05, 3.63) is 35.9 Å². The highest BCUT2D eigenvalue weighted by atomic mass is 32.1. The summed E-state index contributed by atoms with van der Waals surface area (Å²) in [5, 5.41) is 8.52. The minimum absolute atomic E-state index is 0. The highest BCUT2D eigenvalue weighted by Gasteiger charge is 1.85. The first-order valence-corrected chi connectivity index (χ1v) is 3.08. The lowest BCUT2D eigenvalue weighted by Gasteiger charge is -1.93. The number of rotatable bonds is 2. The molecule has 1 rings (SSSR count). The van der Waals surface area contributed by atoms with Crippen LogP contribution >= 0.6 is 13.5 Å². The van der Waals surface area contributed by atoms with Crippen molar-refractivity contribution in [1.29, 1.82) is 0 Å². The zero-order chi connectivity index (χ0) is 6.53. The van der Waals surface area contributed by atoms with Crippen LogP contribution in [0.25, 0.3) is 0 Å². The second-order valence-corrected chi connectivity index (χ2v) is 1.96. The molecule has 0 aromatic heterocycles. The predicted octanol–water partition coefficient (Wildman–Crippen LogP) is 1.33. The SMILES string of the molecule is OCCc1ccccc1.S. The lowest BCUT2D eigenvalue weighted by atomic mass is 10.2. The lowest BCUT2D eigenvalue weighted by molar-refractivity contribution is 0.299. The number of hydrogen-bond acceptors (Lipinski definition) is 1. The van der Waals surface area contributed by atoms with Gasteiger partial charge in [0, 0.05) is 6.61 Å². The van der Waals surface area contributed by atoms with Gasteiger partial charge in [-0.1, -0.05) is 30.3 Å². The number of aliphatic hydroxyl groups excluding tert-OH is 1. The first-order chi connectivity index (χ1) is 4.43. The molecule has 0 unspecified atom stereocenters. The van der Waals surface area contributed by atoms with Crippen molar-refractivity contribution in [3.63, 3.8) is 0 Å². The number of aliphatic hydroxyl groups is 1. The largest absolute Gasteiger partial charge is 0.396 e. The van der Waals surface area contributed by atoms with Gasteiger partial charge in [0.2, 0.25) is 0 Å². The Kier molecular flexibility index (Phi) is 5.08. The molecule has 0 spiro atoms. The number of hydrogen-bond donors (Lipinski definition) is 1. The summed E-state index contributed by atoms with van der Waals surface area (Å²) in [6.45, 7) is 0.240. The average molecular weight is 156 g/mol. The summed E-state index contributed by atoms with van der Waals surface area (Å²) in [7, 11) is 0. The van der Waals surface area contributed by atoms with E-state index in [0.29, 0.717) is 0 Å². The summed E-state index contributed by atoms with van der Waals surface area (Å²) in [6, 6.07) is 9.95. The van der Waals surface area contributed by atoms with E-state index in [1.165, 1.54) is 5.56 Å². The summed E-state index contributed by atoms with van der Waals surface area (Å²) < 4.78 is 0. The molecule has 1 nitrogen and oxygen atoms in total. The second kappa shape index (κ2) is 5.33. The smallest absolute Gasteiger partial charge is 0.0471 e. The fraction of sp³-hybridized carbons (Fsp3) is 0.250. The second-order valence-electron chi connectivity index (χ2n) is 1.96. The minimum atomic E-state index is 0. The van der Waals surface area contributed by atoms with Gasteiger partial charge in [-0.3, -0.25) is 0 Å². The zero-order valence-electron chi connectivity index (χ0n) is 5.75. The van der Waals surface area contributed by atoms with Gasteiger partial charge in [0.1, 0.15) is 0 Å². The normalized spacial score (nSPS) is 8.50. The quantitative estimate of drug-likeness (QED) is 0.685. The Morgan fingerprint density at radius 1 is 1.10 bits per heavy atom. The Bertz CT molecular complexity index is 162. The van der Waals surface area contributed by atoms with Crippen LogP contribution in [0.4, 0.5) is 0 Å². The van der Waals surface area contributed by atoms with Crippen molar-refractivity contribution in [3.8, 4) is 0 Å². The van der Waals surface area contributed by atoms with E-state index in [9.17, 15) is 0 Å². The third-order valence-electron chi connectivity index (χ3n) is 1.24. The van der Waals surface area contributed by atoms with Crippen LogP contribution in [0, 0.1) is 0 Å². The summed E-state index contributed by atoms with van der Waals surface area (Å²) in [5.41, 5.74) is 1.19. The van der Waals surface area contributed by atoms with E-state index in [1.807, 2.05) is 30.3 Å². The minimum Gasteiger partial charge on any atom is -0.396 e. The van der Waals surface area contributed by atoms with Crippen LogP contribution in [0.5, 0.6) is 0 Å². The topological polar surface area (TPSA) is 20.2 Å². The molecule has 10 heavy (non-hydrogen) atoms. The van der Waals surface area contributed by atoms with Crippen LogP contribution in [0.3, 0.4) is 0 Å². The van der Waals surface area contributed by atoms with Crippen LogP contribution in [-0.2, 0) is 6.42 Å². The molecule has 0 aliphatic heterocycles. The molecular weight excluding hydrogens is 144 g/mol. The van der Waals surface area contributed by atoms with E-state index in [1.54, 1.807) is 0 Å². The maximum Gasteiger partial charge on any atom is 0.0471 e. The van der Waals surface area contributed by atoms with Gasteiger partial charge < -0.3 is 5.11 Å². The molecule has 56 valence electrons. The van der Waals surface area contributed by atoms with Gasteiger partial charge in [0.15, 0.2) is 0 Å². The third kappa shape index (κ3) is 2.90. The molecule has 0 saturated carbocycles. The molecule has 1 N–H and O–H groups in total. The standard InChI is InChI=1S/C8H10O.H2S/c9-7-6-8-4-2-1-3-5-8;/h1-5,9H,6-7H2;1H2. The van der Waals surface area contributed by atoms with Gasteiger partial charge in [0.25, 0.3) is 0 Å². The Labute approximate surface area is 68.1 Å². The first kappa shape index (κ1) is 9.53. The van der Waals surface area contributed by atoms with Crippen LogP contribution in [-0.4, -0.2) is 11.7 Å². The van der Waals surface area contributed by atoms with Crippen molar-refractivity contribution in [2.75, 3.05) is 6.61 Å². The molecule has 0 saturated heterocycles. The van der Waals surface area contributed by atoms with Gasteiger partial charge >= 0.3 is 0 Å². The lowest BCUT2D eigenvalue weighted by Crippen LogP contribution is -1.88. The van der Waals surface area contributed by atoms with E-state index in [0.717, 1.165) is 6.42 Å². The summed E-state index contributed by atoms with van der Waals surface area (Å²) in [6.07, 6.45) is 0.765. The maximum absolute atomic E-state index is 8.52. The molecule has 0 fully saturated rings. The molecule has 1 aromatic rings. The van der Waals surface area contributed by atoms with Crippen LogP contribution < -0.4 is 0 Å². The van der Waals surface area contributed by atoms with E-state index in [-0.39, 0.29) is 20.1 Å². The third-order valence-corrected chi connectivity index (χ3v) is 1.24. The van der Waals surface area contributed by atoms with Crippen molar-refractivity contribution < 1.29 is 5.11 Å². The molecule has 0 heterocycles. The van der Waals surface area contributed by atoms with Crippen molar-refractivity contribution in [1.82, 2.24) is 0 Å². The molecule has 0 atom stereocenters. The highest BCUT2D eigenvalue weighted by Crippen LogP contribution is 1.97. The molecule has 0 radical (unpaired) electrons. The van der Waals surface area contributed by atoms with Crippen LogP contribution in [0.2, 0.25) is 0 Å². The van der Waals surface area contributed by atoms with Crippen LogP contribution in [0.15, 0.2) is 30.3 Å². The predicted molar refractivity (Wildman–Crippen MR) is 47.6 cm³/mol. The van der Waals surface area contributed by atoms with Gasteiger partial charge in [0.05, 0.1) is 0 Å². The zero-order valence-corrected chi connectivity index (χ0v) is 6.75. The van der Waals surface area contributed by atoms with E-state index < -0.39 is 0 Å². The fourth-order valence-corrected chi connectivity index (χ4v) is 0.774. The van der Waals surface area contributed by atoms with Crippen molar-refractivity contribution >= 4 is 13.5 Å². The summed E-state index contributed by atoms with van der Waals surface area (Å²) >= 11 is 0. The molecule has 2 heteroatoms. The molecule has 0 bridgehead atoms. The molecule has 0 aliphatic carbocycles. The maximum atomic E-state index is 8.52. The Balaban J connectivity index is 0.000000810. The van der Waals surface area contributed by atoms with Gasteiger partial charge in [-0.15, -0.1) is 0 Å². The molecule has 0 aliphatic rings. The van der Waals surface area contributed by atoms with Crippen LogP contribution in [0.1, 0.15) is 5.56 Å². The Morgan fingerprint density at radius 3 is 2.20 bits per heavy atom. The Morgan fingerprint density at radius 2 is 1.70 bits per heavy atom. The van der Waals surface area contributed by atoms with E-state index in [2.05, 4.69) is 0 Å². The van der Waals surface area contributed by atoms with Crippen molar-refractivity contribution in [2.24, 2.45) is 0 Å². The Hall–Kier alpha value is -0.470. The molecular formula is C8H12OS. The fourth-order valence-electron chi connectivity index (χ4n) is 0.774. The first-order valence-electron chi connectivity index (χ1n) is 3.08. The van der Waals surface area contributed by atoms with Gasteiger partial charge in [-0.25, -0.2) is 0 Å². The average Bonchev–Trinajstić information content (AvgIpc) is 1.91. The summed E-state index contributed by atoms with van der Waals surface area (Å²) in [5.74, 6) is 0. The van der Waals surface area contributed by atoms with E-state index >= 15 is 0 Å². The molecule has 0 amide bonds. The van der Waals surface area contributed by atoms with E-state index in [4.69, 9.17) is 5.11 Å². The summed E-state index contributed by atoms with van der Waals surface area (Å²) in [4.78, 5) is 0. The number of benzene rings is 1. The monoisotopic (exact) mass is 156 g/mol. The highest BCUT2D eigenvalue weighted by molar-refractivity contribution is 7.59. The molecule has 1 aromatic carbocycles. The van der Waals surface area contributed by atoms with Gasteiger partial charge in [-0.2, -0.15) is 13.5 Å². The van der Waals surface area contributed by atoms with Gasteiger partial charge in [-0.05, 0) is 12.0 Å².